The van der Waals surface area contributed by atoms with E-state index in [1.54, 1.807) is 7.11 Å². The molecule has 1 nitrogen and oxygen atoms in total. The van der Waals surface area contributed by atoms with Crippen LogP contribution in [0.4, 0.5) is 0 Å². The highest BCUT2D eigenvalue weighted by Crippen LogP contribution is 2.42. The van der Waals surface area contributed by atoms with Crippen molar-refractivity contribution in [3.63, 3.8) is 0 Å². The van der Waals surface area contributed by atoms with Crippen LogP contribution < -0.4 is 4.74 Å². The first-order valence-corrected chi connectivity index (χ1v) is 7.75. The van der Waals surface area contributed by atoms with Gasteiger partial charge in [-0.05, 0) is 36.2 Å². The van der Waals surface area contributed by atoms with Crippen LogP contribution in [0.15, 0.2) is 24.3 Å². The first-order chi connectivity index (χ1) is 8.52. The van der Waals surface area contributed by atoms with Crippen molar-refractivity contribution >= 4 is 50.5 Å². The minimum atomic E-state index is 0.0413. The van der Waals surface area contributed by atoms with Gasteiger partial charge in [-0.15, -0.1) is 11.3 Å². The highest BCUT2D eigenvalue weighted by Gasteiger charge is 2.18. The average Bonchev–Trinajstić information content (AvgIpc) is 2.67. The first kappa shape index (κ1) is 14.2. The summed E-state index contributed by atoms with van der Waals surface area (Å²) < 4.78 is 6.62. The Morgan fingerprint density at radius 2 is 1.94 bits per heavy atom. The van der Waals surface area contributed by atoms with E-state index in [0.717, 1.165) is 26.8 Å². The molecule has 0 amide bonds. The van der Waals surface area contributed by atoms with E-state index in [2.05, 4.69) is 15.9 Å². The molecule has 0 radical (unpaired) electrons. The van der Waals surface area contributed by atoms with Crippen LogP contribution in [0.5, 0.6) is 5.75 Å². The average molecular weight is 366 g/mol. The van der Waals surface area contributed by atoms with Crippen LogP contribution in [0.1, 0.15) is 21.5 Å². The molecule has 0 saturated carbocycles. The Kier molecular flexibility index (Phi) is 4.59. The number of hydrogen-bond donors (Lipinski definition) is 0. The molecule has 0 bridgehead atoms. The summed E-state index contributed by atoms with van der Waals surface area (Å²) >= 11 is 17.2. The van der Waals surface area contributed by atoms with Gasteiger partial charge in [0.15, 0.2) is 0 Å². The van der Waals surface area contributed by atoms with Crippen LogP contribution in [0, 0.1) is 6.92 Å². The maximum Gasteiger partial charge on any atom is 0.119 e. The minimum absolute atomic E-state index is 0.0413. The molecule has 0 N–H and O–H groups in total. The van der Waals surface area contributed by atoms with Crippen LogP contribution in [0.2, 0.25) is 8.67 Å². The highest BCUT2D eigenvalue weighted by atomic mass is 79.9. The maximum absolute atomic E-state index is 6.18. The van der Waals surface area contributed by atoms with Gasteiger partial charge >= 0.3 is 0 Å². The van der Waals surface area contributed by atoms with Gasteiger partial charge in [0.1, 0.15) is 5.75 Å². The molecular formula is C13H11BrCl2OS. The van der Waals surface area contributed by atoms with E-state index in [1.807, 2.05) is 31.2 Å². The van der Waals surface area contributed by atoms with Gasteiger partial charge in [0.05, 0.1) is 20.6 Å². The third-order valence-electron chi connectivity index (χ3n) is 2.71. The van der Waals surface area contributed by atoms with E-state index >= 15 is 0 Å². The number of aryl methyl sites for hydroxylation is 1. The summed E-state index contributed by atoms with van der Waals surface area (Å²) in [4.78, 5) is 0.0413. The number of methoxy groups -OCH3 is 1. The number of ether oxygens (including phenoxy) is 1. The van der Waals surface area contributed by atoms with Crippen molar-refractivity contribution in [1.82, 2.24) is 0 Å². The number of thiophene rings is 1. The third kappa shape index (κ3) is 2.85. The lowest BCUT2D eigenvalue weighted by atomic mass is 10.0. The zero-order chi connectivity index (χ0) is 13.3. The monoisotopic (exact) mass is 364 g/mol. The standard InChI is InChI=1S/C13H11BrCl2OS/c1-7-5-8(17-2)3-4-9(7)12(14)10-6-11(15)18-13(10)16/h3-6,12H,1-2H3. The Bertz CT molecular complexity index is 568. The first-order valence-electron chi connectivity index (χ1n) is 5.26. The minimum Gasteiger partial charge on any atom is -0.497 e. The maximum atomic E-state index is 6.18. The number of halogens is 3. The second-order valence-electron chi connectivity index (χ2n) is 3.86. The van der Waals surface area contributed by atoms with Gasteiger partial charge < -0.3 is 4.74 Å². The molecular weight excluding hydrogens is 355 g/mol. The SMILES string of the molecule is COc1ccc(C(Br)c2cc(Cl)sc2Cl)c(C)c1. The van der Waals surface area contributed by atoms with Gasteiger partial charge in [0.2, 0.25) is 0 Å². The normalized spacial score (nSPS) is 12.5. The fourth-order valence-corrected chi connectivity index (χ4v) is 4.44. The molecule has 0 aliphatic heterocycles. The molecule has 0 aliphatic rings. The fraction of sp³-hybridized carbons (Fsp3) is 0.231. The molecule has 1 unspecified atom stereocenters. The van der Waals surface area contributed by atoms with E-state index in [0.29, 0.717) is 4.34 Å². The lowest BCUT2D eigenvalue weighted by Gasteiger charge is -2.13. The Hall–Kier alpha value is -0.220. The molecule has 2 rings (SSSR count). The van der Waals surface area contributed by atoms with Gasteiger partial charge in [0.25, 0.3) is 0 Å². The van der Waals surface area contributed by atoms with Crippen LogP contribution in [-0.4, -0.2) is 7.11 Å². The van der Waals surface area contributed by atoms with E-state index in [1.165, 1.54) is 11.3 Å². The van der Waals surface area contributed by atoms with Crippen molar-refractivity contribution in [2.75, 3.05) is 7.11 Å². The summed E-state index contributed by atoms with van der Waals surface area (Å²) in [5.41, 5.74) is 3.31. The molecule has 0 aliphatic carbocycles. The van der Waals surface area contributed by atoms with E-state index in [9.17, 15) is 0 Å². The Labute approximate surface area is 129 Å². The predicted molar refractivity (Wildman–Crippen MR) is 82.8 cm³/mol. The second-order valence-corrected chi connectivity index (χ2v) is 7.07. The molecule has 1 aromatic heterocycles. The quantitative estimate of drug-likeness (QED) is 0.619. The number of benzene rings is 1. The highest BCUT2D eigenvalue weighted by molar-refractivity contribution is 9.09. The van der Waals surface area contributed by atoms with Crippen molar-refractivity contribution in [2.24, 2.45) is 0 Å². The Morgan fingerprint density at radius 3 is 2.44 bits per heavy atom. The summed E-state index contributed by atoms with van der Waals surface area (Å²) in [5, 5.41) is 0. The van der Waals surface area contributed by atoms with Crippen LogP contribution in [0.25, 0.3) is 0 Å². The molecule has 18 heavy (non-hydrogen) atoms. The van der Waals surface area contributed by atoms with Crippen molar-refractivity contribution in [2.45, 2.75) is 11.8 Å². The summed E-state index contributed by atoms with van der Waals surface area (Å²) in [7, 11) is 1.66. The third-order valence-corrected chi connectivity index (χ3v) is 5.21. The lowest BCUT2D eigenvalue weighted by Crippen LogP contribution is -1.96. The number of rotatable bonds is 3. The van der Waals surface area contributed by atoms with Crippen molar-refractivity contribution in [3.8, 4) is 5.75 Å². The van der Waals surface area contributed by atoms with Crippen LogP contribution in [0.3, 0.4) is 0 Å². The molecule has 5 heteroatoms. The molecule has 0 spiro atoms. The van der Waals surface area contributed by atoms with Crippen LogP contribution in [-0.2, 0) is 0 Å². The van der Waals surface area contributed by atoms with Gasteiger partial charge in [-0.2, -0.15) is 0 Å². The molecule has 96 valence electrons. The zero-order valence-corrected chi connectivity index (χ0v) is 13.8. The molecule has 1 atom stereocenters. The van der Waals surface area contributed by atoms with Crippen molar-refractivity contribution in [1.29, 1.82) is 0 Å². The largest absolute Gasteiger partial charge is 0.497 e. The predicted octanol–water partition coefficient (Wildman–Crippen LogP) is 5.86. The van der Waals surface area contributed by atoms with Gasteiger partial charge in [-0.3, -0.25) is 0 Å². The van der Waals surface area contributed by atoms with E-state index in [-0.39, 0.29) is 4.83 Å². The fourth-order valence-electron chi connectivity index (χ4n) is 1.75. The number of alkyl halides is 1. The van der Waals surface area contributed by atoms with Gasteiger partial charge in [-0.25, -0.2) is 0 Å². The summed E-state index contributed by atoms with van der Waals surface area (Å²) in [6, 6.07) is 7.89. The zero-order valence-electron chi connectivity index (χ0n) is 9.84. The molecule has 2 aromatic rings. The lowest BCUT2D eigenvalue weighted by molar-refractivity contribution is 0.414. The van der Waals surface area contributed by atoms with Gasteiger partial charge in [-0.1, -0.05) is 45.2 Å². The van der Waals surface area contributed by atoms with E-state index < -0.39 is 0 Å². The summed E-state index contributed by atoms with van der Waals surface area (Å²) in [6.07, 6.45) is 0. The molecule has 1 heterocycles. The topological polar surface area (TPSA) is 9.23 Å². The molecule has 1 aromatic carbocycles. The second kappa shape index (κ2) is 5.83. The Morgan fingerprint density at radius 1 is 1.22 bits per heavy atom. The Balaban J connectivity index is 2.39. The molecule has 0 fully saturated rings. The van der Waals surface area contributed by atoms with Crippen LogP contribution >= 0.6 is 50.5 Å². The smallest absolute Gasteiger partial charge is 0.119 e. The molecule has 0 saturated heterocycles. The van der Waals surface area contributed by atoms with Crippen molar-refractivity contribution < 1.29 is 4.74 Å². The van der Waals surface area contributed by atoms with Crippen molar-refractivity contribution in [3.05, 3.63) is 49.6 Å². The van der Waals surface area contributed by atoms with Gasteiger partial charge in [0, 0.05) is 5.56 Å². The summed E-state index contributed by atoms with van der Waals surface area (Å²) in [6.45, 7) is 2.05. The summed E-state index contributed by atoms with van der Waals surface area (Å²) in [5.74, 6) is 0.852. The number of hydrogen-bond acceptors (Lipinski definition) is 2. The van der Waals surface area contributed by atoms with E-state index in [4.69, 9.17) is 27.9 Å².